The van der Waals surface area contributed by atoms with Gasteiger partial charge in [-0.1, -0.05) is 0 Å². The van der Waals surface area contributed by atoms with Crippen molar-refractivity contribution in [2.75, 3.05) is 13.2 Å². The van der Waals surface area contributed by atoms with Gasteiger partial charge in [-0.25, -0.2) is 0 Å². The van der Waals surface area contributed by atoms with E-state index in [1.54, 1.807) is 0 Å². The summed E-state index contributed by atoms with van der Waals surface area (Å²) >= 11 is 0. The first kappa shape index (κ1) is 9.17. The van der Waals surface area contributed by atoms with Crippen LogP contribution >= 0.6 is 0 Å². The van der Waals surface area contributed by atoms with Gasteiger partial charge < -0.3 is 4.74 Å². The average Bonchev–Trinajstić information content (AvgIpc) is 2.02. The van der Waals surface area contributed by atoms with Gasteiger partial charge in [-0.15, -0.1) is 23.7 Å². The molecule has 0 aromatic carbocycles. The van der Waals surface area contributed by atoms with Crippen molar-refractivity contribution < 1.29 is 4.74 Å². The Morgan fingerprint density at radius 1 is 1.08 bits per heavy atom. The van der Waals surface area contributed by atoms with Gasteiger partial charge in [-0.2, -0.15) is 0 Å². The standard InChI is InChI=1S/C11H14O/c1-3-5-7-11(8-6-4-2)9-12-10-11/h7-10H2,1-2H3. The van der Waals surface area contributed by atoms with Crippen molar-refractivity contribution in [3.8, 4) is 23.7 Å². The highest BCUT2D eigenvalue weighted by Gasteiger charge is 2.36. The van der Waals surface area contributed by atoms with Crippen molar-refractivity contribution >= 4 is 0 Å². The second kappa shape index (κ2) is 4.19. The van der Waals surface area contributed by atoms with Crippen LogP contribution in [0.5, 0.6) is 0 Å². The minimum atomic E-state index is 0.256. The highest BCUT2D eigenvalue weighted by atomic mass is 16.5. The summed E-state index contributed by atoms with van der Waals surface area (Å²) in [5.41, 5.74) is 0.256. The van der Waals surface area contributed by atoms with E-state index in [0.717, 1.165) is 26.1 Å². The van der Waals surface area contributed by atoms with Gasteiger partial charge in [0, 0.05) is 18.3 Å². The number of hydrogen-bond acceptors (Lipinski definition) is 1. The zero-order valence-electron chi connectivity index (χ0n) is 7.74. The zero-order valence-corrected chi connectivity index (χ0v) is 7.74. The van der Waals surface area contributed by atoms with Crippen LogP contribution in [0, 0.1) is 29.1 Å². The van der Waals surface area contributed by atoms with E-state index in [0.29, 0.717) is 0 Å². The Kier molecular flexibility index (Phi) is 3.20. The maximum atomic E-state index is 5.20. The molecule has 1 aliphatic rings. The highest BCUT2D eigenvalue weighted by Crippen LogP contribution is 2.34. The second-order valence-electron chi connectivity index (χ2n) is 3.20. The van der Waals surface area contributed by atoms with Crippen LogP contribution in [0.15, 0.2) is 0 Å². The molecule has 0 aromatic rings. The van der Waals surface area contributed by atoms with Crippen LogP contribution in [0.4, 0.5) is 0 Å². The molecule has 0 unspecified atom stereocenters. The Hall–Kier alpha value is -0.920. The minimum Gasteiger partial charge on any atom is -0.380 e. The van der Waals surface area contributed by atoms with Crippen molar-refractivity contribution in [2.45, 2.75) is 26.7 Å². The Labute approximate surface area is 74.5 Å². The fraction of sp³-hybridized carbons (Fsp3) is 0.636. The average molecular weight is 162 g/mol. The van der Waals surface area contributed by atoms with Crippen molar-refractivity contribution in [3.63, 3.8) is 0 Å². The molecule has 1 heterocycles. The third kappa shape index (κ3) is 2.03. The Morgan fingerprint density at radius 3 is 1.83 bits per heavy atom. The monoisotopic (exact) mass is 162 g/mol. The molecule has 1 rings (SSSR count). The molecule has 0 radical (unpaired) electrons. The molecule has 0 atom stereocenters. The summed E-state index contributed by atoms with van der Waals surface area (Å²) in [5, 5.41) is 0. The van der Waals surface area contributed by atoms with Gasteiger partial charge in [0.2, 0.25) is 0 Å². The topological polar surface area (TPSA) is 9.23 Å². The van der Waals surface area contributed by atoms with Crippen LogP contribution in [0.25, 0.3) is 0 Å². The summed E-state index contributed by atoms with van der Waals surface area (Å²) in [6.07, 6.45) is 1.86. The van der Waals surface area contributed by atoms with Gasteiger partial charge in [0.25, 0.3) is 0 Å². The van der Waals surface area contributed by atoms with E-state index < -0.39 is 0 Å². The van der Waals surface area contributed by atoms with E-state index in [1.807, 2.05) is 13.8 Å². The number of rotatable bonds is 2. The van der Waals surface area contributed by atoms with Crippen LogP contribution in [-0.4, -0.2) is 13.2 Å². The Bertz CT molecular complexity index is 228. The maximum Gasteiger partial charge on any atom is 0.0563 e. The molecule has 0 spiro atoms. The van der Waals surface area contributed by atoms with Crippen LogP contribution < -0.4 is 0 Å². The fourth-order valence-electron chi connectivity index (χ4n) is 1.21. The molecule has 1 saturated heterocycles. The molecule has 1 nitrogen and oxygen atoms in total. The van der Waals surface area contributed by atoms with E-state index in [9.17, 15) is 0 Å². The summed E-state index contributed by atoms with van der Waals surface area (Å²) in [6, 6.07) is 0. The van der Waals surface area contributed by atoms with E-state index in [4.69, 9.17) is 4.74 Å². The molecular formula is C11H14O. The van der Waals surface area contributed by atoms with Crippen molar-refractivity contribution in [2.24, 2.45) is 5.41 Å². The van der Waals surface area contributed by atoms with E-state index in [2.05, 4.69) is 23.7 Å². The van der Waals surface area contributed by atoms with E-state index in [-0.39, 0.29) is 5.41 Å². The highest BCUT2D eigenvalue weighted by molar-refractivity contribution is 5.09. The Morgan fingerprint density at radius 2 is 1.58 bits per heavy atom. The van der Waals surface area contributed by atoms with Gasteiger partial charge in [-0.3, -0.25) is 0 Å². The zero-order chi connectivity index (χ0) is 8.86. The molecule has 0 amide bonds. The predicted octanol–water partition coefficient (Wildman–Crippen LogP) is 1.83. The van der Waals surface area contributed by atoms with Crippen molar-refractivity contribution in [1.82, 2.24) is 0 Å². The predicted molar refractivity (Wildman–Crippen MR) is 49.4 cm³/mol. The van der Waals surface area contributed by atoms with Crippen LogP contribution in [0.1, 0.15) is 26.7 Å². The molecule has 0 aromatic heterocycles. The van der Waals surface area contributed by atoms with Crippen LogP contribution in [-0.2, 0) is 4.74 Å². The fourth-order valence-corrected chi connectivity index (χ4v) is 1.21. The van der Waals surface area contributed by atoms with Gasteiger partial charge in [0.1, 0.15) is 0 Å². The molecule has 12 heavy (non-hydrogen) atoms. The van der Waals surface area contributed by atoms with Gasteiger partial charge in [-0.05, 0) is 13.8 Å². The van der Waals surface area contributed by atoms with Crippen LogP contribution in [0.3, 0.4) is 0 Å². The molecule has 0 bridgehead atoms. The molecule has 0 aliphatic carbocycles. The smallest absolute Gasteiger partial charge is 0.0563 e. The van der Waals surface area contributed by atoms with Gasteiger partial charge >= 0.3 is 0 Å². The lowest BCUT2D eigenvalue weighted by molar-refractivity contribution is -0.106. The van der Waals surface area contributed by atoms with Crippen LogP contribution in [0.2, 0.25) is 0 Å². The normalized spacial score (nSPS) is 17.8. The third-order valence-electron chi connectivity index (χ3n) is 2.10. The lowest BCUT2D eigenvalue weighted by Gasteiger charge is -2.38. The summed E-state index contributed by atoms with van der Waals surface area (Å²) in [4.78, 5) is 0. The van der Waals surface area contributed by atoms with Crippen molar-refractivity contribution in [1.29, 1.82) is 0 Å². The van der Waals surface area contributed by atoms with Gasteiger partial charge in [0.05, 0.1) is 13.2 Å². The molecular weight excluding hydrogens is 148 g/mol. The minimum absolute atomic E-state index is 0.256. The molecule has 1 fully saturated rings. The quantitative estimate of drug-likeness (QED) is 0.563. The maximum absolute atomic E-state index is 5.20. The van der Waals surface area contributed by atoms with Gasteiger partial charge in [0.15, 0.2) is 0 Å². The largest absolute Gasteiger partial charge is 0.380 e. The SMILES string of the molecule is CC#CCC1(CC#CC)COC1. The molecule has 1 aliphatic heterocycles. The summed E-state index contributed by atoms with van der Waals surface area (Å²) < 4.78 is 5.20. The lowest BCUT2D eigenvalue weighted by atomic mass is 9.80. The number of ether oxygens (including phenoxy) is 1. The summed E-state index contributed by atoms with van der Waals surface area (Å²) in [7, 11) is 0. The molecule has 1 heteroatoms. The second-order valence-corrected chi connectivity index (χ2v) is 3.20. The molecule has 0 saturated carbocycles. The first-order chi connectivity index (χ1) is 5.83. The first-order valence-electron chi connectivity index (χ1n) is 4.20. The van der Waals surface area contributed by atoms with E-state index in [1.165, 1.54) is 0 Å². The number of hydrogen-bond donors (Lipinski definition) is 0. The lowest BCUT2D eigenvalue weighted by Crippen LogP contribution is -2.41. The van der Waals surface area contributed by atoms with E-state index >= 15 is 0 Å². The Balaban J connectivity index is 2.46. The summed E-state index contributed by atoms with van der Waals surface area (Å²) in [6.45, 7) is 5.41. The first-order valence-corrected chi connectivity index (χ1v) is 4.20. The van der Waals surface area contributed by atoms with Crippen molar-refractivity contribution in [3.05, 3.63) is 0 Å². The molecule has 0 N–H and O–H groups in total. The molecule has 64 valence electrons. The summed E-state index contributed by atoms with van der Waals surface area (Å²) in [5.74, 6) is 12.0. The third-order valence-corrected chi connectivity index (χ3v) is 2.10.